The van der Waals surface area contributed by atoms with Crippen molar-refractivity contribution in [3.8, 4) is 22.4 Å². The van der Waals surface area contributed by atoms with Crippen molar-refractivity contribution < 1.29 is 19.1 Å². The first-order valence-electron chi connectivity index (χ1n) is 10.5. The maximum absolute atomic E-state index is 12.3. The lowest BCUT2D eigenvalue weighted by molar-refractivity contribution is -0.141. The Balaban J connectivity index is 1.37. The van der Waals surface area contributed by atoms with E-state index < -0.39 is 0 Å². The number of benzene rings is 2. The molecule has 2 aromatic carbocycles. The summed E-state index contributed by atoms with van der Waals surface area (Å²) in [6.45, 7) is -0.158. The maximum atomic E-state index is 12.3. The Bertz CT molecular complexity index is 1360. The number of nitrogen functional groups attached to an aromatic ring is 1. The number of amides is 2. The van der Waals surface area contributed by atoms with Crippen LogP contribution >= 0.6 is 11.3 Å². The summed E-state index contributed by atoms with van der Waals surface area (Å²) < 4.78 is 6.18. The predicted octanol–water partition coefficient (Wildman–Crippen LogP) is 2.80. The minimum absolute atomic E-state index is 0.0335. The van der Waals surface area contributed by atoms with Crippen LogP contribution in [0.5, 0.6) is 0 Å². The number of hydrogen-bond donors (Lipinski definition) is 3. The Morgan fingerprint density at radius 1 is 1.09 bits per heavy atom. The van der Waals surface area contributed by atoms with Crippen LogP contribution in [0, 0.1) is 0 Å². The average Bonchev–Trinajstić information content (AvgIpc) is 3.53. The summed E-state index contributed by atoms with van der Waals surface area (Å²) in [7, 11) is 1.33. The van der Waals surface area contributed by atoms with Gasteiger partial charge in [0.1, 0.15) is 6.54 Å². The molecule has 35 heavy (non-hydrogen) atoms. The number of carbonyl (C=O) groups excluding carboxylic acids is 3. The van der Waals surface area contributed by atoms with Gasteiger partial charge in [-0.1, -0.05) is 18.2 Å². The summed E-state index contributed by atoms with van der Waals surface area (Å²) in [5.41, 5.74) is 9.89. The number of esters is 1. The second kappa shape index (κ2) is 10.6. The van der Waals surface area contributed by atoms with Gasteiger partial charge in [0.2, 0.25) is 5.91 Å². The monoisotopic (exact) mass is 490 g/mol. The maximum Gasteiger partial charge on any atom is 0.327 e. The van der Waals surface area contributed by atoms with Gasteiger partial charge in [-0.2, -0.15) is 5.10 Å². The van der Waals surface area contributed by atoms with E-state index in [0.717, 1.165) is 16.7 Å². The second-order valence-electron chi connectivity index (χ2n) is 7.47. The van der Waals surface area contributed by atoms with Crippen molar-refractivity contribution in [3.05, 3.63) is 71.9 Å². The number of methoxy groups -OCH3 is 1. The first kappa shape index (κ1) is 23.6. The summed E-state index contributed by atoms with van der Waals surface area (Å²) in [6, 6.07) is 14.1. The van der Waals surface area contributed by atoms with Gasteiger partial charge in [-0.25, -0.2) is 4.98 Å². The lowest BCUT2D eigenvalue weighted by Crippen LogP contribution is -2.32. The summed E-state index contributed by atoms with van der Waals surface area (Å²) in [4.78, 5) is 40.3. The van der Waals surface area contributed by atoms with Gasteiger partial charge in [-0.15, -0.1) is 11.3 Å². The Labute approximate surface area is 204 Å². The van der Waals surface area contributed by atoms with Crippen LogP contribution < -0.4 is 16.4 Å². The quantitative estimate of drug-likeness (QED) is 0.255. The molecule has 0 unspecified atom stereocenters. The Morgan fingerprint density at radius 3 is 2.63 bits per heavy atom. The van der Waals surface area contributed by atoms with Crippen LogP contribution in [0.2, 0.25) is 0 Å². The number of nitrogens with two attached hydrogens (primary N) is 1. The van der Waals surface area contributed by atoms with E-state index in [1.807, 2.05) is 29.6 Å². The molecule has 2 amide bonds. The lowest BCUT2D eigenvalue weighted by atomic mass is 10.1. The van der Waals surface area contributed by atoms with E-state index in [4.69, 9.17) is 5.73 Å². The molecular weight excluding hydrogens is 468 g/mol. The van der Waals surface area contributed by atoms with Gasteiger partial charge < -0.3 is 21.1 Å². The highest BCUT2D eigenvalue weighted by Crippen LogP contribution is 2.28. The number of ether oxygens (including phenoxy) is 1. The Hall–Kier alpha value is -4.51. The number of nitrogens with one attached hydrogen (secondary N) is 2. The fraction of sp³-hybridized carbons (Fsp3) is 0.125. The molecule has 4 aromatic rings. The van der Waals surface area contributed by atoms with E-state index in [1.54, 1.807) is 36.7 Å². The van der Waals surface area contributed by atoms with Crippen LogP contribution in [0.3, 0.4) is 0 Å². The molecule has 0 aliphatic heterocycles. The van der Waals surface area contributed by atoms with Crippen molar-refractivity contribution >= 4 is 39.9 Å². The van der Waals surface area contributed by atoms with Crippen molar-refractivity contribution in [2.75, 3.05) is 24.7 Å². The van der Waals surface area contributed by atoms with Gasteiger partial charge in [0.15, 0.2) is 5.13 Å². The standard InChI is InChI=1S/C24H22N6O4S/c1-34-22(32)13-30-12-18(10-27-30)16-3-2-4-17(9-16)20-14-35-24(28-20)29-21(31)11-26-23(33)15-5-7-19(25)8-6-15/h2-10,12,14H,11,13,25H2,1H3,(H,26,33)(H,28,29,31). The van der Waals surface area contributed by atoms with Gasteiger partial charge in [0, 0.05) is 34.0 Å². The highest BCUT2D eigenvalue weighted by atomic mass is 32.1. The van der Waals surface area contributed by atoms with Crippen molar-refractivity contribution in [3.63, 3.8) is 0 Å². The third-order valence-corrected chi connectivity index (χ3v) is 5.73. The summed E-state index contributed by atoms with van der Waals surface area (Å²) >= 11 is 1.28. The van der Waals surface area contributed by atoms with Gasteiger partial charge in [-0.05, 0) is 35.9 Å². The SMILES string of the molecule is COC(=O)Cn1cc(-c2cccc(-c3csc(NC(=O)CNC(=O)c4ccc(N)cc4)n3)c2)cn1. The van der Waals surface area contributed by atoms with Crippen LogP contribution in [0.15, 0.2) is 66.3 Å². The van der Waals surface area contributed by atoms with Crippen molar-refractivity contribution in [2.45, 2.75) is 6.54 Å². The van der Waals surface area contributed by atoms with Crippen LogP contribution in [0.1, 0.15) is 10.4 Å². The molecule has 0 fully saturated rings. The van der Waals surface area contributed by atoms with Gasteiger partial charge >= 0.3 is 5.97 Å². The molecule has 0 atom stereocenters. The predicted molar refractivity (Wildman–Crippen MR) is 133 cm³/mol. The van der Waals surface area contributed by atoms with Crippen LogP contribution in [-0.2, 0) is 20.9 Å². The van der Waals surface area contributed by atoms with E-state index in [9.17, 15) is 14.4 Å². The van der Waals surface area contributed by atoms with Crippen LogP contribution in [-0.4, -0.2) is 46.2 Å². The number of nitrogens with zero attached hydrogens (tertiary/aromatic N) is 3. The minimum Gasteiger partial charge on any atom is -0.468 e. The number of thiazole rings is 1. The molecule has 0 spiro atoms. The highest BCUT2D eigenvalue weighted by molar-refractivity contribution is 7.14. The van der Waals surface area contributed by atoms with E-state index in [1.165, 1.54) is 23.1 Å². The molecular formula is C24H22N6O4S. The van der Waals surface area contributed by atoms with Gasteiger partial charge in [0.05, 0.1) is 25.5 Å². The molecule has 0 bridgehead atoms. The normalized spacial score (nSPS) is 10.5. The zero-order chi connectivity index (χ0) is 24.8. The lowest BCUT2D eigenvalue weighted by Gasteiger charge is -2.05. The summed E-state index contributed by atoms with van der Waals surface area (Å²) in [5, 5.41) is 11.7. The zero-order valence-corrected chi connectivity index (χ0v) is 19.5. The molecule has 11 heteroatoms. The Morgan fingerprint density at radius 2 is 1.86 bits per heavy atom. The fourth-order valence-electron chi connectivity index (χ4n) is 3.18. The number of carbonyl (C=O) groups is 3. The third-order valence-electron chi connectivity index (χ3n) is 4.98. The topological polar surface area (TPSA) is 141 Å². The van der Waals surface area contributed by atoms with E-state index in [0.29, 0.717) is 22.1 Å². The molecule has 4 rings (SSSR count). The molecule has 0 radical (unpaired) electrons. The van der Waals surface area contributed by atoms with E-state index >= 15 is 0 Å². The third kappa shape index (κ3) is 6.09. The summed E-state index contributed by atoms with van der Waals surface area (Å²) in [6.07, 6.45) is 3.44. The average molecular weight is 491 g/mol. The molecule has 178 valence electrons. The van der Waals surface area contributed by atoms with Gasteiger partial charge in [-0.3, -0.25) is 19.1 Å². The van der Waals surface area contributed by atoms with Crippen molar-refractivity contribution in [1.29, 1.82) is 0 Å². The number of aromatic nitrogens is 3. The first-order chi connectivity index (χ1) is 16.9. The minimum atomic E-state index is -0.388. The smallest absolute Gasteiger partial charge is 0.327 e. The molecule has 0 aliphatic rings. The van der Waals surface area contributed by atoms with Crippen molar-refractivity contribution in [1.82, 2.24) is 20.1 Å². The molecule has 0 saturated heterocycles. The molecule has 0 saturated carbocycles. The van der Waals surface area contributed by atoms with Crippen LogP contribution in [0.25, 0.3) is 22.4 Å². The van der Waals surface area contributed by atoms with Crippen LogP contribution in [0.4, 0.5) is 10.8 Å². The van der Waals surface area contributed by atoms with E-state index in [2.05, 4.69) is 25.5 Å². The molecule has 10 nitrogen and oxygen atoms in total. The number of hydrogen-bond acceptors (Lipinski definition) is 8. The zero-order valence-electron chi connectivity index (χ0n) is 18.7. The van der Waals surface area contributed by atoms with Crippen molar-refractivity contribution in [2.24, 2.45) is 0 Å². The molecule has 4 N–H and O–H groups in total. The van der Waals surface area contributed by atoms with E-state index in [-0.39, 0.29) is 30.9 Å². The molecule has 2 aromatic heterocycles. The Kier molecular flexibility index (Phi) is 7.17. The molecule has 0 aliphatic carbocycles. The largest absolute Gasteiger partial charge is 0.468 e. The fourth-order valence-corrected chi connectivity index (χ4v) is 3.91. The second-order valence-corrected chi connectivity index (χ2v) is 8.33. The highest BCUT2D eigenvalue weighted by Gasteiger charge is 2.12. The number of anilines is 2. The van der Waals surface area contributed by atoms with Gasteiger partial charge in [0.25, 0.3) is 5.91 Å². The summed E-state index contributed by atoms with van der Waals surface area (Å²) in [5.74, 6) is -1.14. The number of rotatable bonds is 8. The first-order valence-corrected chi connectivity index (χ1v) is 11.4. The molecule has 2 heterocycles.